The summed E-state index contributed by atoms with van der Waals surface area (Å²) < 4.78 is 22.8. The standard InChI is InChI=1S/C36H43N3O6/c1-7-8-9-10-17-45-28-14-12-25(21-30(28)44-6)35-32-33(31-23(3)18-22(2)19-26(31)40)37-38-34(32)36(41)39(35)16-15-24-11-13-27(42-4)29(20-24)43-5/h11-14,18-21,35,40H,7-10,15-17H2,1-6H3,(H,37,38). The number of fused-ring (bicyclic) bond motifs is 1. The van der Waals surface area contributed by atoms with E-state index < -0.39 is 6.04 Å². The number of nitrogens with zero attached hydrogens (tertiary/aromatic N) is 2. The molecule has 238 valence electrons. The second-order valence-electron chi connectivity index (χ2n) is 11.5. The van der Waals surface area contributed by atoms with E-state index >= 15 is 0 Å². The molecule has 1 amide bonds. The quantitative estimate of drug-likeness (QED) is 0.145. The maximum atomic E-state index is 14.0. The van der Waals surface area contributed by atoms with Crippen molar-refractivity contribution in [3.63, 3.8) is 0 Å². The number of carbonyl (C=O) groups excluding carboxylic acids is 1. The number of phenolic OH excluding ortho intramolecular Hbond substituents is 1. The van der Waals surface area contributed by atoms with Gasteiger partial charge in [-0.15, -0.1) is 0 Å². The van der Waals surface area contributed by atoms with E-state index in [9.17, 15) is 9.90 Å². The van der Waals surface area contributed by atoms with Crippen molar-refractivity contribution in [3.05, 3.63) is 82.0 Å². The maximum absolute atomic E-state index is 14.0. The average molecular weight is 614 g/mol. The average Bonchev–Trinajstić information content (AvgIpc) is 3.57. The van der Waals surface area contributed by atoms with Crippen molar-refractivity contribution in [2.24, 2.45) is 0 Å². The molecule has 1 unspecified atom stereocenters. The van der Waals surface area contributed by atoms with E-state index in [0.29, 0.717) is 59.5 Å². The summed E-state index contributed by atoms with van der Waals surface area (Å²) >= 11 is 0. The summed E-state index contributed by atoms with van der Waals surface area (Å²) in [5.74, 6) is 2.52. The lowest BCUT2D eigenvalue weighted by Gasteiger charge is -2.27. The Hall–Kier alpha value is -4.66. The Kier molecular flexibility index (Phi) is 9.86. The van der Waals surface area contributed by atoms with Gasteiger partial charge in [-0.1, -0.05) is 44.4 Å². The van der Waals surface area contributed by atoms with E-state index in [4.69, 9.17) is 18.9 Å². The predicted molar refractivity (Wildman–Crippen MR) is 174 cm³/mol. The summed E-state index contributed by atoms with van der Waals surface area (Å²) in [6, 6.07) is 14.9. The van der Waals surface area contributed by atoms with Crippen molar-refractivity contribution in [2.75, 3.05) is 34.5 Å². The highest BCUT2D eigenvalue weighted by molar-refractivity contribution is 6.00. The van der Waals surface area contributed by atoms with Gasteiger partial charge in [0.2, 0.25) is 0 Å². The van der Waals surface area contributed by atoms with Crippen LogP contribution in [0.25, 0.3) is 11.3 Å². The van der Waals surface area contributed by atoms with Gasteiger partial charge in [0.15, 0.2) is 23.0 Å². The summed E-state index contributed by atoms with van der Waals surface area (Å²) in [6.45, 7) is 7.10. The molecule has 0 radical (unpaired) electrons. The molecule has 1 aromatic heterocycles. The van der Waals surface area contributed by atoms with Gasteiger partial charge in [0.05, 0.1) is 34.0 Å². The molecule has 1 aliphatic heterocycles. The van der Waals surface area contributed by atoms with Crippen LogP contribution >= 0.6 is 0 Å². The molecule has 0 bridgehead atoms. The Bertz CT molecular complexity index is 1640. The first-order valence-corrected chi connectivity index (χ1v) is 15.5. The Balaban J connectivity index is 1.54. The van der Waals surface area contributed by atoms with Gasteiger partial charge in [-0.2, -0.15) is 5.10 Å². The van der Waals surface area contributed by atoms with Crippen molar-refractivity contribution >= 4 is 5.91 Å². The third kappa shape index (κ3) is 6.43. The number of aromatic nitrogens is 2. The number of H-pyrrole nitrogens is 1. The first-order chi connectivity index (χ1) is 21.8. The van der Waals surface area contributed by atoms with Gasteiger partial charge < -0.3 is 29.0 Å². The number of carbonyl (C=O) groups is 1. The van der Waals surface area contributed by atoms with Crippen LogP contribution in [-0.2, 0) is 6.42 Å². The minimum Gasteiger partial charge on any atom is -0.507 e. The fourth-order valence-electron chi connectivity index (χ4n) is 6.19. The zero-order valence-electron chi connectivity index (χ0n) is 27.0. The number of phenols is 1. The summed E-state index contributed by atoms with van der Waals surface area (Å²) in [4.78, 5) is 15.9. The zero-order chi connectivity index (χ0) is 32.1. The van der Waals surface area contributed by atoms with E-state index in [1.165, 1.54) is 12.8 Å². The van der Waals surface area contributed by atoms with Crippen LogP contribution in [0.4, 0.5) is 0 Å². The van der Waals surface area contributed by atoms with Crippen LogP contribution in [0.5, 0.6) is 28.7 Å². The fraction of sp³-hybridized carbons (Fsp3) is 0.389. The number of nitrogens with one attached hydrogen (secondary N) is 1. The molecule has 1 aliphatic rings. The number of aryl methyl sites for hydroxylation is 2. The summed E-state index contributed by atoms with van der Waals surface area (Å²) in [5.41, 5.74) is 5.99. The van der Waals surface area contributed by atoms with Gasteiger partial charge in [-0.3, -0.25) is 9.89 Å². The Morgan fingerprint density at radius 3 is 2.33 bits per heavy atom. The molecule has 0 spiro atoms. The van der Waals surface area contributed by atoms with Crippen LogP contribution < -0.4 is 18.9 Å². The minimum atomic E-state index is -0.478. The van der Waals surface area contributed by atoms with Crippen LogP contribution in [-0.4, -0.2) is 60.6 Å². The molecule has 9 nitrogen and oxygen atoms in total. The monoisotopic (exact) mass is 613 g/mol. The molecule has 2 heterocycles. The molecular formula is C36H43N3O6. The van der Waals surface area contributed by atoms with E-state index in [1.807, 2.05) is 61.2 Å². The van der Waals surface area contributed by atoms with Gasteiger partial charge in [0.1, 0.15) is 17.1 Å². The third-order valence-corrected chi connectivity index (χ3v) is 8.41. The number of rotatable bonds is 14. The Morgan fingerprint density at radius 2 is 1.62 bits per heavy atom. The summed E-state index contributed by atoms with van der Waals surface area (Å²) in [7, 11) is 4.84. The number of benzene rings is 3. The second kappa shape index (κ2) is 14.0. The first kappa shape index (κ1) is 31.8. The van der Waals surface area contributed by atoms with Crippen LogP contribution in [0, 0.1) is 13.8 Å². The lowest BCUT2D eigenvalue weighted by Crippen LogP contribution is -2.31. The molecule has 1 atom stereocenters. The van der Waals surface area contributed by atoms with Crippen molar-refractivity contribution in [1.29, 1.82) is 0 Å². The Labute approximate surface area is 265 Å². The third-order valence-electron chi connectivity index (χ3n) is 8.41. The Morgan fingerprint density at radius 1 is 0.889 bits per heavy atom. The van der Waals surface area contributed by atoms with E-state index in [2.05, 4.69) is 17.1 Å². The molecule has 0 aliphatic carbocycles. The van der Waals surface area contributed by atoms with Crippen LogP contribution in [0.1, 0.15) is 77.0 Å². The normalized spacial score (nSPS) is 14.0. The highest BCUT2D eigenvalue weighted by atomic mass is 16.5. The SMILES string of the molecule is CCCCCCOc1ccc(C2c3c(-c4c(C)cc(C)cc4O)n[nH]c3C(=O)N2CCc2ccc(OC)c(OC)c2)cc1OC. The predicted octanol–water partition coefficient (Wildman–Crippen LogP) is 7.17. The van der Waals surface area contributed by atoms with Gasteiger partial charge in [0.25, 0.3) is 5.91 Å². The number of aromatic amines is 1. The lowest BCUT2D eigenvalue weighted by atomic mass is 9.93. The van der Waals surface area contributed by atoms with Gasteiger partial charge in [0, 0.05) is 17.7 Å². The van der Waals surface area contributed by atoms with Crippen LogP contribution in [0.3, 0.4) is 0 Å². The van der Waals surface area contributed by atoms with Gasteiger partial charge in [-0.25, -0.2) is 0 Å². The number of hydrogen-bond donors (Lipinski definition) is 2. The lowest BCUT2D eigenvalue weighted by molar-refractivity contribution is 0.0745. The molecule has 5 rings (SSSR count). The summed E-state index contributed by atoms with van der Waals surface area (Å²) in [6.07, 6.45) is 5.02. The van der Waals surface area contributed by atoms with Gasteiger partial charge in [-0.05, 0) is 79.3 Å². The number of methoxy groups -OCH3 is 3. The fourth-order valence-corrected chi connectivity index (χ4v) is 6.19. The molecule has 0 saturated carbocycles. The molecule has 4 aromatic rings. The van der Waals surface area contributed by atoms with E-state index in [-0.39, 0.29) is 11.7 Å². The van der Waals surface area contributed by atoms with Gasteiger partial charge >= 0.3 is 0 Å². The first-order valence-electron chi connectivity index (χ1n) is 15.5. The van der Waals surface area contributed by atoms with E-state index in [1.54, 1.807) is 27.4 Å². The molecule has 9 heteroatoms. The molecular weight excluding hydrogens is 570 g/mol. The number of aromatic hydroxyl groups is 1. The number of unbranched alkanes of at least 4 members (excludes halogenated alkanes) is 3. The highest BCUT2D eigenvalue weighted by Gasteiger charge is 2.43. The van der Waals surface area contributed by atoms with Crippen molar-refractivity contribution in [1.82, 2.24) is 15.1 Å². The van der Waals surface area contributed by atoms with Crippen LogP contribution in [0.2, 0.25) is 0 Å². The second-order valence-corrected chi connectivity index (χ2v) is 11.5. The molecule has 2 N–H and O–H groups in total. The highest BCUT2D eigenvalue weighted by Crippen LogP contribution is 2.47. The maximum Gasteiger partial charge on any atom is 0.273 e. The van der Waals surface area contributed by atoms with Crippen LogP contribution in [0.15, 0.2) is 48.5 Å². The zero-order valence-corrected chi connectivity index (χ0v) is 27.0. The van der Waals surface area contributed by atoms with Crippen molar-refractivity contribution < 1.29 is 28.8 Å². The topological polar surface area (TPSA) is 106 Å². The molecule has 0 fully saturated rings. The molecule has 45 heavy (non-hydrogen) atoms. The number of ether oxygens (including phenoxy) is 4. The summed E-state index contributed by atoms with van der Waals surface area (Å²) in [5, 5.41) is 18.6. The molecule has 3 aromatic carbocycles. The smallest absolute Gasteiger partial charge is 0.273 e. The largest absolute Gasteiger partial charge is 0.507 e. The van der Waals surface area contributed by atoms with E-state index in [0.717, 1.165) is 40.7 Å². The minimum absolute atomic E-state index is 0.126. The number of amides is 1. The van der Waals surface area contributed by atoms with Crippen molar-refractivity contribution in [2.45, 2.75) is 58.9 Å². The number of hydrogen-bond acceptors (Lipinski definition) is 7. The van der Waals surface area contributed by atoms with Crippen molar-refractivity contribution in [3.8, 4) is 40.0 Å². The molecule has 0 saturated heterocycles.